The van der Waals surface area contributed by atoms with Crippen LogP contribution in [0.4, 0.5) is 0 Å². The molecule has 3 nitrogen and oxygen atoms in total. The third-order valence-corrected chi connectivity index (χ3v) is 10.8. The van der Waals surface area contributed by atoms with Gasteiger partial charge in [0, 0.05) is 18.7 Å². The summed E-state index contributed by atoms with van der Waals surface area (Å²) >= 11 is 0. The largest absolute Gasteiger partial charge is 0.415 e. The van der Waals surface area contributed by atoms with Gasteiger partial charge in [-0.25, -0.2) is 0 Å². The van der Waals surface area contributed by atoms with Gasteiger partial charge in [0.05, 0.1) is 12.6 Å². The summed E-state index contributed by atoms with van der Waals surface area (Å²) in [5.74, 6) is 0.270. The second kappa shape index (κ2) is 9.99. The summed E-state index contributed by atoms with van der Waals surface area (Å²) in [6, 6.07) is 10.3. The summed E-state index contributed by atoms with van der Waals surface area (Å²) in [5.41, 5.74) is 2.23. The Morgan fingerprint density at radius 2 is 1.86 bits per heavy atom. The van der Waals surface area contributed by atoms with E-state index in [1.807, 2.05) is 6.07 Å². The molecule has 0 saturated carbocycles. The van der Waals surface area contributed by atoms with Gasteiger partial charge in [0.2, 0.25) is 0 Å². The molecule has 0 amide bonds. The number of ketones is 1. The van der Waals surface area contributed by atoms with Crippen molar-refractivity contribution in [1.29, 1.82) is 0 Å². The van der Waals surface area contributed by atoms with Crippen molar-refractivity contribution >= 4 is 14.1 Å². The predicted octanol–water partition coefficient (Wildman–Crippen LogP) is 5.97. The molecule has 0 N–H and O–H groups in total. The van der Waals surface area contributed by atoms with Crippen LogP contribution in [-0.2, 0) is 15.8 Å². The van der Waals surface area contributed by atoms with Gasteiger partial charge in [-0.1, -0.05) is 76.9 Å². The third kappa shape index (κ3) is 6.13. The van der Waals surface area contributed by atoms with E-state index in [4.69, 9.17) is 4.43 Å². The summed E-state index contributed by atoms with van der Waals surface area (Å²) in [7, 11) is -1.88. The number of rotatable bonds is 9. The van der Waals surface area contributed by atoms with Gasteiger partial charge in [0.15, 0.2) is 14.1 Å². The van der Waals surface area contributed by atoms with Crippen molar-refractivity contribution in [3.63, 3.8) is 0 Å². The lowest BCUT2D eigenvalue weighted by molar-refractivity contribution is -0.118. The Labute approximate surface area is 173 Å². The Bertz CT molecular complexity index is 661. The maximum atomic E-state index is 13.2. The molecule has 4 heteroatoms. The molecule has 0 aliphatic carbocycles. The van der Waals surface area contributed by atoms with Crippen LogP contribution in [0.3, 0.4) is 0 Å². The highest BCUT2D eigenvalue weighted by Crippen LogP contribution is 2.37. The molecule has 1 saturated heterocycles. The standard InChI is InChI=1S/C24H39NO2Si/c1-7-8-9-13-16-21-18-25(17-20-14-11-10-12-15-20)22(23(21)26)19-27-28(5,6)24(2,3)4/h10-12,14-16,22H,7-9,13,17-19H2,1-6H3/b21-16+/t22-/m0/s1. The summed E-state index contributed by atoms with van der Waals surface area (Å²) in [6.45, 7) is 15.5. The fourth-order valence-corrected chi connectivity index (χ4v) is 4.30. The molecular formula is C24H39NO2Si. The molecule has 0 bridgehead atoms. The summed E-state index contributed by atoms with van der Waals surface area (Å²) in [6.07, 6.45) is 6.78. The minimum atomic E-state index is -1.88. The molecule has 1 aromatic rings. The highest BCUT2D eigenvalue weighted by molar-refractivity contribution is 6.74. The highest BCUT2D eigenvalue weighted by atomic mass is 28.4. The van der Waals surface area contributed by atoms with Gasteiger partial charge >= 0.3 is 0 Å². The van der Waals surface area contributed by atoms with Crippen LogP contribution in [0, 0.1) is 0 Å². The summed E-state index contributed by atoms with van der Waals surface area (Å²) < 4.78 is 6.46. The van der Waals surface area contributed by atoms with E-state index < -0.39 is 8.32 Å². The van der Waals surface area contributed by atoms with Crippen LogP contribution >= 0.6 is 0 Å². The molecule has 0 spiro atoms. The van der Waals surface area contributed by atoms with E-state index in [0.717, 1.165) is 31.5 Å². The lowest BCUT2D eigenvalue weighted by Crippen LogP contribution is -2.46. The molecule has 0 aromatic heterocycles. The number of allylic oxidation sites excluding steroid dienone is 1. The quantitative estimate of drug-likeness (QED) is 0.290. The van der Waals surface area contributed by atoms with Crippen molar-refractivity contribution < 1.29 is 9.22 Å². The van der Waals surface area contributed by atoms with Gasteiger partial charge in [-0.3, -0.25) is 9.69 Å². The maximum absolute atomic E-state index is 13.2. The average molecular weight is 402 g/mol. The van der Waals surface area contributed by atoms with Crippen molar-refractivity contribution in [1.82, 2.24) is 4.90 Å². The monoisotopic (exact) mass is 401 g/mol. The van der Waals surface area contributed by atoms with Gasteiger partial charge in [0.1, 0.15) is 0 Å². The van der Waals surface area contributed by atoms with Crippen LogP contribution in [0.15, 0.2) is 42.0 Å². The Kier molecular flexibility index (Phi) is 8.23. The van der Waals surface area contributed by atoms with E-state index in [1.54, 1.807) is 0 Å². The molecule has 1 heterocycles. The van der Waals surface area contributed by atoms with Crippen molar-refractivity contribution in [3.8, 4) is 0 Å². The van der Waals surface area contributed by atoms with Crippen LogP contribution < -0.4 is 0 Å². The molecule has 1 aliphatic rings. The number of carbonyl (C=O) groups is 1. The molecule has 1 atom stereocenters. The minimum absolute atomic E-state index is 0.151. The number of hydrogen-bond acceptors (Lipinski definition) is 3. The van der Waals surface area contributed by atoms with Crippen molar-refractivity contribution in [3.05, 3.63) is 47.5 Å². The summed E-state index contributed by atoms with van der Waals surface area (Å²) in [4.78, 5) is 15.5. The second-order valence-electron chi connectivity index (χ2n) is 9.57. The molecular weight excluding hydrogens is 362 g/mol. The first kappa shape index (κ1) is 23.0. The lowest BCUT2D eigenvalue weighted by atomic mass is 10.1. The van der Waals surface area contributed by atoms with Gasteiger partial charge in [-0.15, -0.1) is 0 Å². The van der Waals surface area contributed by atoms with E-state index in [9.17, 15) is 4.79 Å². The number of unbranched alkanes of at least 4 members (excludes halogenated alkanes) is 3. The van der Waals surface area contributed by atoms with E-state index in [-0.39, 0.29) is 16.9 Å². The zero-order chi connectivity index (χ0) is 20.8. The number of carbonyl (C=O) groups excluding carboxylic acids is 1. The number of Topliss-reactive ketones (excluding diaryl/α,β-unsaturated/α-hetero) is 1. The maximum Gasteiger partial charge on any atom is 0.192 e. The molecule has 0 radical (unpaired) electrons. The number of benzene rings is 1. The zero-order valence-electron chi connectivity index (χ0n) is 18.8. The Morgan fingerprint density at radius 3 is 2.46 bits per heavy atom. The smallest absolute Gasteiger partial charge is 0.192 e. The molecule has 2 rings (SSSR count). The lowest BCUT2D eigenvalue weighted by Gasteiger charge is -2.37. The average Bonchev–Trinajstić information content (AvgIpc) is 2.92. The predicted molar refractivity (Wildman–Crippen MR) is 121 cm³/mol. The molecule has 1 fully saturated rings. The Hall–Kier alpha value is -1.23. The summed E-state index contributed by atoms with van der Waals surface area (Å²) in [5, 5.41) is 0.151. The van der Waals surface area contributed by atoms with E-state index in [1.165, 1.54) is 18.4 Å². The molecule has 0 unspecified atom stereocenters. The number of likely N-dealkylation sites (tertiary alicyclic amines) is 1. The van der Waals surface area contributed by atoms with Crippen LogP contribution in [0.5, 0.6) is 0 Å². The first-order valence-electron chi connectivity index (χ1n) is 10.8. The number of hydrogen-bond donors (Lipinski definition) is 0. The van der Waals surface area contributed by atoms with Crippen LogP contribution in [0.1, 0.15) is 58.9 Å². The van der Waals surface area contributed by atoms with Crippen molar-refractivity contribution in [2.24, 2.45) is 0 Å². The number of nitrogens with zero attached hydrogens (tertiary/aromatic N) is 1. The Morgan fingerprint density at radius 1 is 1.18 bits per heavy atom. The van der Waals surface area contributed by atoms with Crippen molar-refractivity contribution in [2.75, 3.05) is 13.2 Å². The highest BCUT2D eigenvalue weighted by Gasteiger charge is 2.41. The van der Waals surface area contributed by atoms with E-state index in [0.29, 0.717) is 6.61 Å². The van der Waals surface area contributed by atoms with E-state index in [2.05, 4.69) is 76.0 Å². The fraction of sp³-hybridized carbons (Fsp3) is 0.625. The molecule has 156 valence electrons. The van der Waals surface area contributed by atoms with Crippen LogP contribution in [-0.4, -0.2) is 38.2 Å². The van der Waals surface area contributed by atoms with E-state index >= 15 is 0 Å². The zero-order valence-corrected chi connectivity index (χ0v) is 19.8. The van der Waals surface area contributed by atoms with Crippen molar-refractivity contribution in [2.45, 2.75) is 84.1 Å². The first-order valence-corrected chi connectivity index (χ1v) is 13.7. The topological polar surface area (TPSA) is 29.5 Å². The molecule has 1 aromatic carbocycles. The van der Waals surface area contributed by atoms with Crippen LogP contribution in [0.25, 0.3) is 0 Å². The third-order valence-electron chi connectivity index (χ3n) is 6.27. The van der Waals surface area contributed by atoms with Gasteiger partial charge < -0.3 is 4.43 Å². The molecule has 1 aliphatic heterocycles. The second-order valence-corrected chi connectivity index (χ2v) is 14.4. The fourth-order valence-electron chi connectivity index (χ4n) is 3.29. The molecule has 28 heavy (non-hydrogen) atoms. The van der Waals surface area contributed by atoms with Crippen LogP contribution in [0.2, 0.25) is 18.1 Å². The minimum Gasteiger partial charge on any atom is -0.415 e. The first-order chi connectivity index (χ1) is 13.2. The van der Waals surface area contributed by atoms with Gasteiger partial charge in [-0.05, 0) is 36.5 Å². The van der Waals surface area contributed by atoms with Gasteiger partial charge in [-0.2, -0.15) is 0 Å². The van der Waals surface area contributed by atoms with Gasteiger partial charge in [0.25, 0.3) is 0 Å². The Balaban J connectivity index is 2.13. The SMILES string of the molecule is CCCCC/C=C1\CN(Cc2ccccc2)[C@@H](CO[Si](C)(C)C(C)(C)C)C1=O. The normalized spacial score (nSPS) is 20.3.